The molecule has 1 heterocycles. The molecule has 0 amide bonds. The van der Waals surface area contributed by atoms with E-state index in [2.05, 4.69) is 77.6 Å². The highest BCUT2D eigenvalue weighted by atomic mass is 16.5. The van der Waals surface area contributed by atoms with Gasteiger partial charge in [0, 0.05) is 36.9 Å². The number of aliphatic hydroxyl groups excluding tert-OH is 1. The molecule has 52 heavy (non-hydrogen) atoms. The monoisotopic (exact) mass is 715 g/mol. The van der Waals surface area contributed by atoms with Crippen molar-refractivity contribution in [2.75, 3.05) is 6.54 Å². The van der Waals surface area contributed by atoms with Crippen LogP contribution >= 0.6 is 0 Å². The smallest absolute Gasteiger partial charge is 0.309 e. The van der Waals surface area contributed by atoms with Gasteiger partial charge in [-0.15, -0.1) is 0 Å². The summed E-state index contributed by atoms with van der Waals surface area (Å²) in [6, 6.07) is 8.60. The first kappa shape index (κ1) is 37.8. The number of esters is 1. The van der Waals surface area contributed by atoms with Crippen molar-refractivity contribution < 1.29 is 29.3 Å². The number of benzene rings is 1. The van der Waals surface area contributed by atoms with Crippen LogP contribution in [-0.4, -0.2) is 51.6 Å². The standard InChI is InChI=1S/C45H65NO6/c1-27(2)37-31(47)22-45(34(48)26-46-24-28-12-10-11-13-29(28)25-46)21-20-43(8)30(38(37)45)14-15-33-42(7)18-17-35(52-36(49)23-40(3,4)39(50)51)41(5,6)32(42)16-19-44(33,43)9/h10-13,27,30,32-35,48H,14-26H2,1-9H3,(H,50,51)/t30-,32+,33-,34?,35+,42+,43-,44-,45+/m1/s1. The number of nitrogens with zero attached hydrogens (tertiary/aromatic N) is 1. The molecule has 1 aromatic rings. The first-order valence-electron chi connectivity index (χ1n) is 20.4. The van der Waals surface area contributed by atoms with Crippen LogP contribution in [0.2, 0.25) is 0 Å². The third kappa shape index (κ3) is 5.43. The van der Waals surface area contributed by atoms with Gasteiger partial charge in [0.25, 0.3) is 0 Å². The van der Waals surface area contributed by atoms with E-state index in [1.165, 1.54) is 16.7 Å². The van der Waals surface area contributed by atoms with Gasteiger partial charge in [0.2, 0.25) is 0 Å². The molecule has 1 unspecified atom stereocenters. The fraction of sp³-hybridized carbons (Fsp3) is 0.756. The summed E-state index contributed by atoms with van der Waals surface area (Å²) in [5.74, 6) is 0.161. The summed E-state index contributed by atoms with van der Waals surface area (Å²) < 4.78 is 6.18. The number of allylic oxidation sites excluding steroid dienone is 1. The molecule has 4 saturated carbocycles. The minimum Gasteiger partial charge on any atom is -0.481 e. The number of ether oxygens (including phenoxy) is 1. The Hall–Kier alpha value is -2.51. The van der Waals surface area contributed by atoms with Crippen LogP contribution in [0.15, 0.2) is 35.4 Å². The number of carbonyl (C=O) groups excluding carboxylic acids is 2. The van der Waals surface area contributed by atoms with E-state index < -0.39 is 28.9 Å². The highest BCUT2D eigenvalue weighted by Gasteiger charge is 2.71. The van der Waals surface area contributed by atoms with Gasteiger partial charge in [0.15, 0.2) is 5.78 Å². The summed E-state index contributed by atoms with van der Waals surface area (Å²) in [7, 11) is 0. The van der Waals surface area contributed by atoms with E-state index in [0.29, 0.717) is 24.8 Å². The molecule has 5 aliphatic carbocycles. The van der Waals surface area contributed by atoms with Crippen molar-refractivity contribution in [3.8, 4) is 0 Å². The SMILES string of the molecule is CC(C)C1=C2[C@H]3CC[C@@H]4[C@@]5(C)CC[C@H](OC(=O)CC(C)(C)C(=O)O)C(C)(C)[C@@H]5CC[C@@]4(C)[C@]3(C)CC[C@@]2(C(O)CN2Cc3ccccc3C2)CC1=O. The summed E-state index contributed by atoms with van der Waals surface area (Å²) >= 11 is 0. The Labute approximate surface area is 312 Å². The molecule has 0 aromatic heterocycles. The Morgan fingerprint density at radius 2 is 1.56 bits per heavy atom. The van der Waals surface area contributed by atoms with Crippen LogP contribution in [0.3, 0.4) is 0 Å². The first-order chi connectivity index (χ1) is 24.2. The number of β-amino-alcohol motifs (C(OH)–C–C–N with tert-alkyl or cyclic N) is 1. The number of aliphatic hydroxyl groups is 1. The van der Waals surface area contributed by atoms with Crippen molar-refractivity contribution in [1.82, 2.24) is 4.90 Å². The van der Waals surface area contributed by atoms with Crippen molar-refractivity contribution in [2.24, 2.45) is 56.2 Å². The second kappa shape index (κ2) is 12.5. The predicted octanol–water partition coefficient (Wildman–Crippen LogP) is 8.76. The molecule has 1 aliphatic heterocycles. The van der Waals surface area contributed by atoms with Crippen molar-refractivity contribution >= 4 is 17.7 Å². The average molecular weight is 716 g/mol. The lowest BCUT2D eigenvalue weighted by molar-refractivity contribution is -0.235. The van der Waals surface area contributed by atoms with E-state index in [0.717, 1.165) is 70.0 Å². The lowest BCUT2D eigenvalue weighted by atomic mass is 9.33. The van der Waals surface area contributed by atoms with Crippen LogP contribution in [0.4, 0.5) is 0 Å². The highest BCUT2D eigenvalue weighted by molar-refractivity contribution is 6.00. The molecule has 0 spiro atoms. The third-order valence-corrected chi connectivity index (χ3v) is 16.8. The second-order valence-corrected chi connectivity index (χ2v) is 20.5. The molecule has 9 atom stereocenters. The van der Waals surface area contributed by atoms with Crippen molar-refractivity contribution in [2.45, 2.75) is 152 Å². The molecule has 2 N–H and O–H groups in total. The van der Waals surface area contributed by atoms with E-state index in [9.17, 15) is 24.6 Å². The molecular weight excluding hydrogens is 650 g/mol. The molecule has 286 valence electrons. The predicted molar refractivity (Wildman–Crippen MR) is 202 cm³/mol. The van der Waals surface area contributed by atoms with Gasteiger partial charge in [-0.05, 0) is 122 Å². The van der Waals surface area contributed by atoms with Crippen molar-refractivity contribution in [3.63, 3.8) is 0 Å². The van der Waals surface area contributed by atoms with E-state index in [4.69, 9.17) is 4.74 Å². The molecule has 4 fully saturated rings. The molecule has 1 aromatic carbocycles. The zero-order valence-corrected chi connectivity index (χ0v) is 33.4. The summed E-state index contributed by atoms with van der Waals surface area (Å²) in [6.45, 7) is 22.1. The van der Waals surface area contributed by atoms with Gasteiger partial charge in [-0.3, -0.25) is 19.3 Å². The summed E-state index contributed by atoms with van der Waals surface area (Å²) in [5, 5.41) is 22.0. The first-order valence-corrected chi connectivity index (χ1v) is 20.4. The van der Waals surface area contributed by atoms with Crippen LogP contribution in [0.5, 0.6) is 0 Å². The number of Topliss-reactive ketones (excluding diaryl/α,β-unsaturated/α-hetero) is 1. The number of ketones is 1. The Morgan fingerprint density at radius 1 is 0.904 bits per heavy atom. The number of fused-ring (bicyclic) bond motifs is 8. The van der Waals surface area contributed by atoms with E-state index in [1.54, 1.807) is 13.8 Å². The lowest BCUT2D eigenvalue weighted by Gasteiger charge is -2.72. The minimum atomic E-state index is -1.16. The number of carbonyl (C=O) groups is 3. The second-order valence-electron chi connectivity index (χ2n) is 20.5. The largest absolute Gasteiger partial charge is 0.481 e. The van der Waals surface area contributed by atoms with Gasteiger partial charge in [-0.25, -0.2) is 0 Å². The molecule has 7 heteroatoms. The number of hydrogen-bond donors (Lipinski definition) is 2. The van der Waals surface area contributed by atoms with Gasteiger partial charge >= 0.3 is 11.9 Å². The third-order valence-electron chi connectivity index (χ3n) is 16.8. The maximum atomic E-state index is 14.1. The van der Waals surface area contributed by atoms with E-state index in [1.807, 2.05) is 0 Å². The molecule has 7 rings (SSSR count). The zero-order chi connectivity index (χ0) is 37.8. The number of carboxylic acids is 1. The van der Waals surface area contributed by atoms with E-state index >= 15 is 0 Å². The van der Waals surface area contributed by atoms with Gasteiger partial charge in [0.05, 0.1) is 17.9 Å². The molecular formula is C45H65NO6. The minimum absolute atomic E-state index is 0.00691. The molecule has 6 aliphatic rings. The van der Waals surface area contributed by atoms with Crippen LogP contribution < -0.4 is 0 Å². The molecule has 0 saturated heterocycles. The van der Waals surface area contributed by atoms with Crippen LogP contribution in [-0.2, 0) is 32.2 Å². The lowest BCUT2D eigenvalue weighted by Crippen LogP contribution is -2.66. The molecule has 7 nitrogen and oxygen atoms in total. The number of rotatable bonds is 8. The Kier molecular flexibility index (Phi) is 9.09. The van der Waals surface area contributed by atoms with Gasteiger partial charge in [-0.2, -0.15) is 0 Å². The Morgan fingerprint density at radius 3 is 2.17 bits per heavy atom. The van der Waals surface area contributed by atoms with Crippen molar-refractivity contribution in [3.05, 3.63) is 46.5 Å². The summed E-state index contributed by atoms with van der Waals surface area (Å²) in [6.07, 6.45) is 7.47. The fourth-order valence-corrected chi connectivity index (χ4v) is 13.9. The summed E-state index contributed by atoms with van der Waals surface area (Å²) in [4.78, 5) is 41.4. The van der Waals surface area contributed by atoms with E-state index in [-0.39, 0.29) is 51.8 Å². The zero-order valence-electron chi connectivity index (χ0n) is 33.4. The summed E-state index contributed by atoms with van der Waals surface area (Å²) in [5.41, 5.74) is 3.32. The maximum absolute atomic E-state index is 14.1. The van der Waals surface area contributed by atoms with Gasteiger partial charge in [0.1, 0.15) is 6.10 Å². The average Bonchev–Trinajstić information content (AvgIpc) is 3.60. The Bertz CT molecular complexity index is 1650. The van der Waals surface area contributed by atoms with Crippen molar-refractivity contribution in [1.29, 1.82) is 0 Å². The Balaban J connectivity index is 1.16. The topological polar surface area (TPSA) is 104 Å². The molecule has 0 radical (unpaired) electrons. The number of hydrogen-bond acceptors (Lipinski definition) is 6. The number of aliphatic carboxylic acids is 1. The fourth-order valence-electron chi connectivity index (χ4n) is 13.9. The number of carboxylic acid groups (broad SMARTS) is 1. The van der Waals surface area contributed by atoms with Gasteiger partial charge in [-0.1, -0.05) is 78.3 Å². The van der Waals surface area contributed by atoms with Crippen LogP contribution in [0, 0.1) is 56.2 Å². The highest BCUT2D eigenvalue weighted by Crippen LogP contribution is 2.77. The van der Waals surface area contributed by atoms with Gasteiger partial charge < -0.3 is 14.9 Å². The molecule has 0 bridgehead atoms. The maximum Gasteiger partial charge on any atom is 0.309 e. The quantitative estimate of drug-likeness (QED) is 0.260. The van der Waals surface area contributed by atoms with Crippen LogP contribution in [0.25, 0.3) is 0 Å². The van der Waals surface area contributed by atoms with Crippen LogP contribution in [0.1, 0.15) is 138 Å². The normalized spacial score (nSPS) is 38.9.